The lowest BCUT2D eigenvalue weighted by Gasteiger charge is -2.15. The Labute approximate surface area is 83.4 Å². The van der Waals surface area contributed by atoms with Gasteiger partial charge in [0.15, 0.2) is 0 Å². The molecule has 1 atom stereocenters. The Balaban J connectivity index is 2.31. The summed E-state index contributed by atoms with van der Waals surface area (Å²) in [6.07, 6.45) is 4.57. The van der Waals surface area contributed by atoms with Crippen molar-refractivity contribution in [3.63, 3.8) is 0 Å². The Kier molecular flexibility index (Phi) is 2.58. The Bertz CT molecular complexity index is 367. The molecular formula is C11H13N3. The van der Waals surface area contributed by atoms with Crippen molar-refractivity contribution in [3.8, 4) is 0 Å². The minimum atomic E-state index is 0.353. The summed E-state index contributed by atoms with van der Waals surface area (Å²) in [5.41, 5.74) is 1.30. The molecule has 3 nitrogen and oxygen atoms in total. The number of hydrogen-bond acceptors (Lipinski definition) is 2. The highest BCUT2D eigenvalue weighted by Crippen LogP contribution is 2.20. The van der Waals surface area contributed by atoms with E-state index in [0.717, 1.165) is 6.42 Å². The van der Waals surface area contributed by atoms with Gasteiger partial charge in [-0.25, -0.2) is 0 Å². The van der Waals surface area contributed by atoms with Crippen molar-refractivity contribution in [2.45, 2.75) is 19.4 Å². The number of hydrogen-bond donors (Lipinski definition) is 0. The fourth-order valence-electron chi connectivity index (χ4n) is 1.66. The van der Waals surface area contributed by atoms with E-state index in [0.29, 0.717) is 6.04 Å². The van der Waals surface area contributed by atoms with Crippen molar-refractivity contribution < 1.29 is 0 Å². The summed E-state index contributed by atoms with van der Waals surface area (Å²) in [7, 11) is 0. The van der Waals surface area contributed by atoms with Crippen LogP contribution in [0.4, 0.5) is 0 Å². The molecular weight excluding hydrogens is 174 g/mol. The van der Waals surface area contributed by atoms with Gasteiger partial charge in [-0.3, -0.25) is 0 Å². The van der Waals surface area contributed by atoms with Crippen molar-refractivity contribution in [1.29, 1.82) is 0 Å². The zero-order valence-corrected chi connectivity index (χ0v) is 8.17. The number of rotatable bonds is 3. The maximum absolute atomic E-state index is 3.83. The smallest absolute Gasteiger partial charge is 0.119 e. The first kappa shape index (κ1) is 8.94. The lowest BCUT2D eigenvalue weighted by atomic mass is 10.1. The number of benzene rings is 1. The zero-order valence-electron chi connectivity index (χ0n) is 8.17. The second-order valence-corrected chi connectivity index (χ2v) is 3.24. The highest BCUT2D eigenvalue weighted by atomic mass is 15.2. The first-order chi connectivity index (χ1) is 6.92. The van der Waals surface area contributed by atoms with E-state index in [1.807, 2.05) is 10.6 Å². The van der Waals surface area contributed by atoms with Gasteiger partial charge in [0.1, 0.15) is 12.7 Å². The van der Waals surface area contributed by atoms with Crippen LogP contribution in [0, 0.1) is 0 Å². The van der Waals surface area contributed by atoms with E-state index >= 15 is 0 Å². The van der Waals surface area contributed by atoms with Gasteiger partial charge in [0, 0.05) is 0 Å². The number of aromatic nitrogens is 3. The molecule has 0 aliphatic carbocycles. The van der Waals surface area contributed by atoms with Gasteiger partial charge in [-0.2, -0.15) is 0 Å². The predicted molar refractivity (Wildman–Crippen MR) is 54.9 cm³/mol. The van der Waals surface area contributed by atoms with Crippen LogP contribution in [0.1, 0.15) is 24.9 Å². The van der Waals surface area contributed by atoms with Gasteiger partial charge in [-0.15, -0.1) is 10.2 Å². The summed E-state index contributed by atoms with van der Waals surface area (Å²) in [5, 5.41) is 7.66. The van der Waals surface area contributed by atoms with Crippen molar-refractivity contribution in [2.75, 3.05) is 0 Å². The van der Waals surface area contributed by atoms with Crippen LogP contribution in [-0.2, 0) is 0 Å². The average molecular weight is 187 g/mol. The summed E-state index contributed by atoms with van der Waals surface area (Å²) in [4.78, 5) is 0. The Morgan fingerprint density at radius 3 is 2.36 bits per heavy atom. The molecule has 0 amide bonds. The Morgan fingerprint density at radius 2 is 1.79 bits per heavy atom. The monoisotopic (exact) mass is 187 g/mol. The molecule has 2 rings (SSSR count). The fraction of sp³-hybridized carbons (Fsp3) is 0.273. The summed E-state index contributed by atoms with van der Waals surface area (Å²) in [5.74, 6) is 0. The van der Waals surface area contributed by atoms with Crippen molar-refractivity contribution >= 4 is 0 Å². The lowest BCUT2D eigenvalue weighted by Crippen LogP contribution is -2.07. The van der Waals surface area contributed by atoms with Crippen LogP contribution in [0.3, 0.4) is 0 Å². The van der Waals surface area contributed by atoms with E-state index in [4.69, 9.17) is 0 Å². The molecule has 0 fully saturated rings. The van der Waals surface area contributed by atoms with Gasteiger partial charge in [0.05, 0.1) is 6.04 Å². The minimum Gasteiger partial charge on any atom is -0.313 e. The molecule has 1 aromatic heterocycles. The zero-order chi connectivity index (χ0) is 9.80. The van der Waals surface area contributed by atoms with E-state index in [2.05, 4.69) is 41.4 Å². The SMILES string of the molecule is CC[C@@H](c1ccccc1)n1cnnc1. The van der Waals surface area contributed by atoms with Crippen molar-refractivity contribution in [1.82, 2.24) is 14.8 Å². The highest BCUT2D eigenvalue weighted by Gasteiger charge is 2.09. The molecule has 0 unspecified atom stereocenters. The normalized spacial score (nSPS) is 12.6. The molecule has 14 heavy (non-hydrogen) atoms. The van der Waals surface area contributed by atoms with Crippen LogP contribution < -0.4 is 0 Å². The molecule has 0 aliphatic rings. The van der Waals surface area contributed by atoms with E-state index < -0.39 is 0 Å². The maximum Gasteiger partial charge on any atom is 0.119 e. The second-order valence-electron chi connectivity index (χ2n) is 3.24. The highest BCUT2D eigenvalue weighted by molar-refractivity contribution is 5.19. The molecule has 0 aliphatic heterocycles. The van der Waals surface area contributed by atoms with Crippen LogP contribution in [0.5, 0.6) is 0 Å². The molecule has 0 saturated heterocycles. The molecule has 1 aromatic carbocycles. The molecule has 3 heteroatoms. The van der Waals surface area contributed by atoms with Gasteiger partial charge in [-0.1, -0.05) is 37.3 Å². The third-order valence-corrected chi connectivity index (χ3v) is 2.37. The van der Waals surface area contributed by atoms with Gasteiger partial charge >= 0.3 is 0 Å². The second kappa shape index (κ2) is 4.05. The fourth-order valence-corrected chi connectivity index (χ4v) is 1.66. The average Bonchev–Trinajstić information content (AvgIpc) is 2.74. The lowest BCUT2D eigenvalue weighted by molar-refractivity contribution is 0.564. The van der Waals surface area contributed by atoms with Gasteiger partial charge in [-0.05, 0) is 12.0 Å². The van der Waals surface area contributed by atoms with Gasteiger partial charge < -0.3 is 4.57 Å². The van der Waals surface area contributed by atoms with Crippen LogP contribution in [0.15, 0.2) is 43.0 Å². The number of nitrogens with zero attached hydrogens (tertiary/aromatic N) is 3. The van der Waals surface area contributed by atoms with Crippen molar-refractivity contribution in [2.24, 2.45) is 0 Å². The molecule has 2 aromatic rings. The summed E-state index contributed by atoms with van der Waals surface area (Å²) in [6, 6.07) is 10.8. The summed E-state index contributed by atoms with van der Waals surface area (Å²) in [6.45, 7) is 2.16. The predicted octanol–water partition coefficient (Wildman–Crippen LogP) is 2.28. The molecule has 0 spiro atoms. The molecule has 0 bridgehead atoms. The minimum absolute atomic E-state index is 0.353. The van der Waals surface area contributed by atoms with Crippen LogP contribution >= 0.6 is 0 Å². The van der Waals surface area contributed by atoms with E-state index in [1.165, 1.54) is 5.56 Å². The van der Waals surface area contributed by atoms with Crippen molar-refractivity contribution in [3.05, 3.63) is 48.5 Å². The van der Waals surface area contributed by atoms with Gasteiger partial charge in [0.2, 0.25) is 0 Å². The first-order valence-corrected chi connectivity index (χ1v) is 4.81. The van der Waals surface area contributed by atoms with Gasteiger partial charge in [0.25, 0.3) is 0 Å². The Morgan fingerprint density at radius 1 is 1.14 bits per heavy atom. The topological polar surface area (TPSA) is 30.7 Å². The summed E-state index contributed by atoms with van der Waals surface area (Å²) >= 11 is 0. The quantitative estimate of drug-likeness (QED) is 0.738. The third-order valence-electron chi connectivity index (χ3n) is 2.37. The first-order valence-electron chi connectivity index (χ1n) is 4.81. The van der Waals surface area contributed by atoms with Crippen LogP contribution in [-0.4, -0.2) is 14.8 Å². The molecule has 1 heterocycles. The molecule has 0 saturated carbocycles. The van der Waals surface area contributed by atoms with Crippen LogP contribution in [0.25, 0.3) is 0 Å². The van der Waals surface area contributed by atoms with E-state index in [-0.39, 0.29) is 0 Å². The molecule has 72 valence electrons. The van der Waals surface area contributed by atoms with E-state index in [1.54, 1.807) is 12.7 Å². The third kappa shape index (κ3) is 1.66. The Hall–Kier alpha value is -1.64. The largest absolute Gasteiger partial charge is 0.313 e. The molecule has 0 N–H and O–H groups in total. The summed E-state index contributed by atoms with van der Waals surface area (Å²) < 4.78 is 2.04. The van der Waals surface area contributed by atoms with Crippen LogP contribution in [0.2, 0.25) is 0 Å². The molecule has 0 radical (unpaired) electrons. The van der Waals surface area contributed by atoms with E-state index in [9.17, 15) is 0 Å². The standard InChI is InChI=1S/C11H13N3/c1-2-11(14-8-12-13-9-14)10-6-4-3-5-7-10/h3-9,11H,2H2,1H3/t11-/m0/s1. The maximum atomic E-state index is 3.83.